The van der Waals surface area contributed by atoms with Crippen LogP contribution in [0.3, 0.4) is 0 Å². The van der Waals surface area contributed by atoms with Gasteiger partial charge in [-0.25, -0.2) is 0 Å². The molecule has 1 heteroatoms. The van der Waals surface area contributed by atoms with Crippen LogP contribution < -0.4 is 5.73 Å². The minimum absolute atomic E-state index is 0.267. The van der Waals surface area contributed by atoms with Gasteiger partial charge in [0.25, 0.3) is 0 Å². The van der Waals surface area contributed by atoms with Crippen molar-refractivity contribution in [3.05, 3.63) is 35.4 Å². The van der Waals surface area contributed by atoms with Gasteiger partial charge in [0.05, 0.1) is 0 Å². The fourth-order valence-corrected chi connectivity index (χ4v) is 2.35. The van der Waals surface area contributed by atoms with Crippen LogP contribution in [0.25, 0.3) is 0 Å². The third-order valence-corrected chi connectivity index (χ3v) is 3.11. The van der Waals surface area contributed by atoms with E-state index in [-0.39, 0.29) is 6.04 Å². The zero-order chi connectivity index (χ0) is 9.42. The molecule has 1 aliphatic rings. The molecule has 1 aromatic rings. The van der Waals surface area contributed by atoms with E-state index in [4.69, 9.17) is 5.73 Å². The monoisotopic (exact) mass is 175 g/mol. The molecule has 1 aromatic carbocycles. The van der Waals surface area contributed by atoms with Gasteiger partial charge in [0.1, 0.15) is 0 Å². The second kappa shape index (κ2) is 3.15. The average molecular weight is 175 g/mol. The molecule has 1 aliphatic carbocycles. The molecule has 0 saturated carbocycles. The van der Waals surface area contributed by atoms with Crippen molar-refractivity contribution in [3.63, 3.8) is 0 Å². The molecule has 1 nitrogen and oxygen atoms in total. The molecule has 0 amide bonds. The first-order valence-corrected chi connectivity index (χ1v) is 5.04. The summed E-state index contributed by atoms with van der Waals surface area (Å²) in [7, 11) is 0. The molecule has 0 bridgehead atoms. The Morgan fingerprint density at radius 3 is 2.46 bits per heavy atom. The van der Waals surface area contributed by atoms with Crippen molar-refractivity contribution in [2.45, 2.75) is 32.2 Å². The minimum atomic E-state index is 0.267. The first-order chi connectivity index (χ1) is 6.20. The lowest BCUT2D eigenvalue weighted by Crippen LogP contribution is -2.07. The van der Waals surface area contributed by atoms with Crippen LogP contribution in [0.1, 0.15) is 43.4 Å². The van der Waals surface area contributed by atoms with Gasteiger partial charge < -0.3 is 5.73 Å². The highest BCUT2D eigenvalue weighted by Crippen LogP contribution is 2.42. The van der Waals surface area contributed by atoms with E-state index in [0.29, 0.717) is 11.8 Å². The molecule has 2 N–H and O–H groups in total. The van der Waals surface area contributed by atoms with Crippen molar-refractivity contribution in [2.75, 3.05) is 0 Å². The molecule has 0 aromatic heterocycles. The molecule has 0 heterocycles. The molecular weight excluding hydrogens is 158 g/mol. The summed E-state index contributed by atoms with van der Waals surface area (Å²) >= 11 is 0. The Hall–Kier alpha value is -0.820. The average Bonchev–Trinajstić information content (AvgIpc) is 2.45. The van der Waals surface area contributed by atoms with E-state index in [1.165, 1.54) is 11.1 Å². The smallest absolute Gasteiger partial charge is 0.0303 e. The Kier molecular flexibility index (Phi) is 2.12. The summed E-state index contributed by atoms with van der Waals surface area (Å²) in [6.07, 6.45) is 1.12. The standard InChI is InChI=1S/C12H17N/c1-8(2)11-7-12(13)10-6-4-3-5-9(10)11/h3-6,8,11-12H,7,13H2,1-2H3/t11-,12-/m1/s1. The van der Waals surface area contributed by atoms with Crippen LogP contribution in [-0.2, 0) is 0 Å². The molecule has 2 rings (SSSR count). The normalized spacial score (nSPS) is 26.5. The topological polar surface area (TPSA) is 26.0 Å². The SMILES string of the molecule is CC(C)[C@H]1C[C@@H](N)c2ccccc21. The highest BCUT2D eigenvalue weighted by molar-refractivity contribution is 5.37. The summed E-state index contributed by atoms with van der Waals surface area (Å²) in [6.45, 7) is 4.55. The third-order valence-electron chi connectivity index (χ3n) is 3.11. The van der Waals surface area contributed by atoms with Gasteiger partial charge in [-0.2, -0.15) is 0 Å². The van der Waals surface area contributed by atoms with Gasteiger partial charge in [-0.3, -0.25) is 0 Å². The zero-order valence-electron chi connectivity index (χ0n) is 8.33. The van der Waals surface area contributed by atoms with Gasteiger partial charge >= 0.3 is 0 Å². The zero-order valence-corrected chi connectivity index (χ0v) is 8.33. The number of benzene rings is 1. The quantitative estimate of drug-likeness (QED) is 0.697. The van der Waals surface area contributed by atoms with Gasteiger partial charge in [-0.05, 0) is 29.4 Å². The second-order valence-electron chi connectivity index (χ2n) is 4.32. The maximum atomic E-state index is 6.07. The van der Waals surface area contributed by atoms with Crippen LogP contribution in [0.4, 0.5) is 0 Å². The summed E-state index contributed by atoms with van der Waals surface area (Å²) in [5, 5.41) is 0. The van der Waals surface area contributed by atoms with E-state index in [1.807, 2.05) is 0 Å². The van der Waals surface area contributed by atoms with Crippen LogP contribution in [0.5, 0.6) is 0 Å². The Balaban J connectivity index is 2.41. The fraction of sp³-hybridized carbons (Fsp3) is 0.500. The summed E-state index contributed by atoms with van der Waals surface area (Å²) in [6, 6.07) is 8.87. The van der Waals surface area contributed by atoms with E-state index in [0.717, 1.165) is 6.42 Å². The molecular formula is C12H17N. The van der Waals surface area contributed by atoms with Crippen molar-refractivity contribution in [2.24, 2.45) is 11.7 Å². The van der Waals surface area contributed by atoms with Crippen LogP contribution in [0.15, 0.2) is 24.3 Å². The van der Waals surface area contributed by atoms with Crippen molar-refractivity contribution in [3.8, 4) is 0 Å². The third kappa shape index (κ3) is 1.37. The number of nitrogens with two attached hydrogens (primary N) is 1. The Morgan fingerprint density at radius 1 is 1.23 bits per heavy atom. The van der Waals surface area contributed by atoms with Gasteiger partial charge in [0, 0.05) is 6.04 Å². The summed E-state index contributed by atoms with van der Waals surface area (Å²) < 4.78 is 0. The van der Waals surface area contributed by atoms with E-state index in [9.17, 15) is 0 Å². The predicted octanol–water partition coefficient (Wildman–Crippen LogP) is 2.83. The fourth-order valence-electron chi connectivity index (χ4n) is 2.35. The molecule has 0 unspecified atom stereocenters. The largest absolute Gasteiger partial charge is 0.324 e. The maximum absolute atomic E-state index is 6.07. The molecule has 70 valence electrons. The van der Waals surface area contributed by atoms with Gasteiger partial charge in [0.2, 0.25) is 0 Å². The number of rotatable bonds is 1. The van der Waals surface area contributed by atoms with Crippen molar-refractivity contribution in [1.82, 2.24) is 0 Å². The summed E-state index contributed by atoms with van der Waals surface area (Å²) in [5.74, 6) is 1.38. The molecule has 2 atom stereocenters. The maximum Gasteiger partial charge on any atom is 0.0303 e. The number of hydrogen-bond donors (Lipinski definition) is 1. The molecule has 13 heavy (non-hydrogen) atoms. The highest BCUT2D eigenvalue weighted by atomic mass is 14.7. The first kappa shape index (κ1) is 8.76. The highest BCUT2D eigenvalue weighted by Gasteiger charge is 2.29. The predicted molar refractivity (Wildman–Crippen MR) is 55.6 cm³/mol. The molecule has 0 spiro atoms. The minimum Gasteiger partial charge on any atom is -0.324 e. The molecule has 0 fully saturated rings. The molecule has 0 aliphatic heterocycles. The van der Waals surface area contributed by atoms with E-state index >= 15 is 0 Å². The van der Waals surface area contributed by atoms with Crippen LogP contribution in [0, 0.1) is 5.92 Å². The lowest BCUT2D eigenvalue weighted by molar-refractivity contribution is 0.470. The van der Waals surface area contributed by atoms with Gasteiger partial charge in [0.15, 0.2) is 0 Å². The van der Waals surface area contributed by atoms with Crippen LogP contribution in [0.2, 0.25) is 0 Å². The van der Waals surface area contributed by atoms with E-state index in [1.54, 1.807) is 0 Å². The lowest BCUT2D eigenvalue weighted by atomic mass is 9.90. The Bertz CT molecular complexity index is 304. The van der Waals surface area contributed by atoms with Crippen molar-refractivity contribution < 1.29 is 0 Å². The first-order valence-electron chi connectivity index (χ1n) is 5.04. The Labute approximate surface area is 80.0 Å². The Morgan fingerprint density at radius 2 is 1.85 bits per heavy atom. The van der Waals surface area contributed by atoms with Crippen molar-refractivity contribution >= 4 is 0 Å². The van der Waals surface area contributed by atoms with Gasteiger partial charge in [-0.1, -0.05) is 38.1 Å². The number of fused-ring (bicyclic) bond motifs is 1. The summed E-state index contributed by atoms with van der Waals surface area (Å²) in [4.78, 5) is 0. The molecule has 0 radical (unpaired) electrons. The van der Waals surface area contributed by atoms with Crippen molar-refractivity contribution in [1.29, 1.82) is 0 Å². The second-order valence-corrected chi connectivity index (χ2v) is 4.32. The summed E-state index contributed by atoms with van der Waals surface area (Å²) in [5.41, 5.74) is 8.91. The van der Waals surface area contributed by atoms with E-state index < -0.39 is 0 Å². The number of hydrogen-bond acceptors (Lipinski definition) is 1. The van der Waals surface area contributed by atoms with Gasteiger partial charge in [-0.15, -0.1) is 0 Å². The van der Waals surface area contributed by atoms with E-state index in [2.05, 4.69) is 38.1 Å². The van der Waals surface area contributed by atoms with Crippen LogP contribution in [-0.4, -0.2) is 0 Å². The molecule has 0 saturated heterocycles. The van der Waals surface area contributed by atoms with Crippen LogP contribution >= 0.6 is 0 Å². The lowest BCUT2D eigenvalue weighted by Gasteiger charge is -2.15.